The van der Waals surface area contributed by atoms with Gasteiger partial charge in [0.15, 0.2) is 5.96 Å². The van der Waals surface area contributed by atoms with E-state index in [9.17, 15) is 0 Å². The van der Waals surface area contributed by atoms with Gasteiger partial charge in [-0.1, -0.05) is 80.4 Å². The molecule has 0 atom stereocenters. The summed E-state index contributed by atoms with van der Waals surface area (Å²) < 4.78 is 2.20. The van der Waals surface area contributed by atoms with Crippen molar-refractivity contribution in [2.75, 3.05) is 10.6 Å². The Morgan fingerprint density at radius 1 is 0.633 bits per heavy atom. The Hall–Kier alpha value is -2.89. The van der Waals surface area contributed by atoms with Gasteiger partial charge < -0.3 is 10.6 Å². The molecule has 3 N–H and O–H groups in total. The van der Waals surface area contributed by atoms with Gasteiger partial charge in [-0.3, -0.25) is 5.41 Å². The van der Waals surface area contributed by atoms with Crippen LogP contribution in [0.2, 0.25) is 0 Å². The van der Waals surface area contributed by atoms with Crippen molar-refractivity contribution < 1.29 is 0 Å². The molecule has 6 rings (SSSR count). The average Bonchev–Trinajstić information content (AvgIpc) is 3.25. The number of hydrogen-bond donors (Lipinski definition) is 3. The SMILES string of the molecule is N=C(Nc1ccc2c3c(cccc13)C(Br)=C2)Nc1ccc2c3c(cccc13)C(Br)=C2. The lowest BCUT2D eigenvalue weighted by molar-refractivity contribution is 1.44. The Morgan fingerprint density at radius 2 is 1.10 bits per heavy atom. The van der Waals surface area contributed by atoms with Gasteiger partial charge in [0.1, 0.15) is 0 Å². The zero-order valence-corrected chi connectivity index (χ0v) is 18.9. The van der Waals surface area contributed by atoms with E-state index >= 15 is 0 Å². The molecule has 0 saturated carbocycles. The second-order valence-corrected chi connectivity index (χ2v) is 9.18. The molecule has 30 heavy (non-hydrogen) atoms. The number of nitrogens with one attached hydrogen (secondary N) is 3. The van der Waals surface area contributed by atoms with E-state index in [0.29, 0.717) is 0 Å². The Labute approximate surface area is 190 Å². The lowest BCUT2D eigenvalue weighted by Gasteiger charge is -2.15. The molecular weight excluding hydrogens is 502 g/mol. The first-order valence-corrected chi connectivity index (χ1v) is 11.2. The maximum Gasteiger partial charge on any atom is 0.197 e. The van der Waals surface area contributed by atoms with Gasteiger partial charge in [-0.15, -0.1) is 0 Å². The van der Waals surface area contributed by atoms with Crippen LogP contribution in [0.25, 0.3) is 42.7 Å². The van der Waals surface area contributed by atoms with Crippen molar-refractivity contribution in [3.63, 3.8) is 0 Å². The summed E-state index contributed by atoms with van der Waals surface area (Å²) in [6.45, 7) is 0. The third kappa shape index (κ3) is 2.59. The minimum atomic E-state index is 0.242. The Balaban J connectivity index is 1.35. The summed E-state index contributed by atoms with van der Waals surface area (Å²) in [6.07, 6.45) is 4.29. The van der Waals surface area contributed by atoms with Crippen molar-refractivity contribution >= 4 is 91.9 Å². The van der Waals surface area contributed by atoms with Crippen molar-refractivity contribution in [2.45, 2.75) is 0 Å². The molecule has 144 valence electrons. The lowest BCUT2D eigenvalue weighted by Crippen LogP contribution is -2.20. The van der Waals surface area contributed by atoms with Crippen LogP contribution < -0.4 is 10.6 Å². The van der Waals surface area contributed by atoms with Crippen molar-refractivity contribution in [3.05, 3.63) is 82.9 Å². The van der Waals surface area contributed by atoms with Crippen molar-refractivity contribution in [2.24, 2.45) is 0 Å². The standard InChI is InChI=1S/C25H15Br2N3/c26-19-11-13-7-9-21(17-5-1-3-15(19)23(13)17)29-25(28)30-22-10-8-14-12-20(27)16-4-2-6-18(22)24(14)16/h1-12H,(H3,28,29,30). The minimum Gasteiger partial charge on any atom is -0.326 e. The molecule has 0 unspecified atom stereocenters. The van der Waals surface area contributed by atoms with Gasteiger partial charge in [-0.05, 0) is 57.3 Å². The predicted octanol–water partition coefficient (Wildman–Crippen LogP) is 7.86. The maximum absolute atomic E-state index is 8.57. The number of rotatable bonds is 2. The third-order valence-electron chi connectivity index (χ3n) is 5.74. The highest BCUT2D eigenvalue weighted by molar-refractivity contribution is 9.15. The summed E-state index contributed by atoms with van der Waals surface area (Å²) in [4.78, 5) is 0. The molecule has 0 spiro atoms. The first kappa shape index (κ1) is 17.9. The Bertz CT molecular complexity index is 1370. The van der Waals surface area contributed by atoms with Gasteiger partial charge in [-0.25, -0.2) is 0 Å². The highest BCUT2D eigenvalue weighted by atomic mass is 79.9. The number of benzene rings is 4. The van der Waals surface area contributed by atoms with Gasteiger partial charge in [-0.2, -0.15) is 0 Å². The van der Waals surface area contributed by atoms with E-state index in [2.05, 4.69) is 103 Å². The third-order valence-corrected chi connectivity index (χ3v) is 7.06. The number of guanidine groups is 1. The van der Waals surface area contributed by atoms with Crippen LogP contribution in [-0.2, 0) is 0 Å². The van der Waals surface area contributed by atoms with Gasteiger partial charge in [0.25, 0.3) is 0 Å². The van der Waals surface area contributed by atoms with E-state index in [-0.39, 0.29) is 5.96 Å². The zero-order chi connectivity index (χ0) is 20.4. The van der Waals surface area contributed by atoms with Gasteiger partial charge >= 0.3 is 0 Å². The van der Waals surface area contributed by atoms with Crippen LogP contribution in [0.1, 0.15) is 22.3 Å². The molecule has 0 amide bonds. The molecule has 0 radical (unpaired) electrons. The second-order valence-electron chi connectivity index (χ2n) is 7.47. The van der Waals surface area contributed by atoms with E-state index in [0.717, 1.165) is 31.1 Å². The molecule has 0 saturated heterocycles. The Morgan fingerprint density at radius 3 is 1.57 bits per heavy atom. The van der Waals surface area contributed by atoms with Gasteiger partial charge in [0.05, 0.1) is 0 Å². The maximum atomic E-state index is 8.57. The number of hydrogen-bond acceptors (Lipinski definition) is 1. The Kier molecular flexibility index (Phi) is 3.92. The van der Waals surface area contributed by atoms with Crippen molar-refractivity contribution in [3.8, 4) is 0 Å². The molecule has 2 aliphatic rings. The van der Waals surface area contributed by atoms with Crippen molar-refractivity contribution in [1.29, 1.82) is 5.41 Å². The first-order chi connectivity index (χ1) is 14.6. The fraction of sp³-hybridized carbons (Fsp3) is 0. The van der Waals surface area contributed by atoms with E-state index < -0.39 is 0 Å². The fourth-order valence-electron chi connectivity index (χ4n) is 4.45. The summed E-state index contributed by atoms with van der Waals surface area (Å²) in [6, 6.07) is 20.8. The first-order valence-electron chi connectivity index (χ1n) is 9.59. The minimum absolute atomic E-state index is 0.242. The summed E-state index contributed by atoms with van der Waals surface area (Å²) in [5.74, 6) is 0.242. The summed E-state index contributed by atoms with van der Waals surface area (Å²) in [5, 5.41) is 19.7. The molecule has 2 aliphatic carbocycles. The molecule has 3 nitrogen and oxygen atoms in total. The highest BCUT2D eigenvalue weighted by Crippen LogP contribution is 2.43. The highest BCUT2D eigenvalue weighted by Gasteiger charge is 2.18. The molecule has 5 heteroatoms. The fourth-order valence-corrected chi connectivity index (χ4v) is 5.61. The summed E-state index contributed by atoms with van der Waals surface area (Å²) in [7, 11) is 0. The summed E-state index contributed by atoms with van der Waals surface area (Å²) in [5.41, 5.74) is 6.61. The van der Waals surface area contributed by atoms with E-state index in [1.165, 1.54) is 33.0 Å². The van der Waals surface area contributed by atoms with Gasteiger partial charge in [0.2, 0.25) is 0 Å². The largest absolute Gasteiger partial charge is 0.326 e. The van der Waals surface area contributed by atoms with Crippen LogP contribution in [0.5, 0.6) is 0 Å². The van der Waals surface area contributed by atoms with Gasteiger partial charge in [0, 0.05) is 31.1 Å². The predicted molar refractivity (Wildman–Crippen MR) is 136 cm³/mol. The van der Waals surface area contributed by atoms with E-state index in [1.54, 1.807) is 0 Å². The monoisotopic (exact) mass is 515 g/mol. The molecular formula is C25H15Br2N3. The zero-order valence-electron chi connectivity index (χ0n) is 15.7. The molecule has 0 aromatic heterocycles. The van der Waals surface area contributed by atoms with Crippen LogP contribution in [0, 0.1) is 5.41 Å². The van der Waals surface area contributed by atoms with Crippen LogP contribution in [0.3, 0.4) is 0 Å². The van der Waals surface area contributed by atoms with Crippen LogP contribution in [0.15, 0.2) is 60.7 Å². The average molecular weight is 517 g/mol. The summed E-state index contributed by atoms with van der Waals surface area (Å²) >= 11 is 7.31. The molecule has 4 aromatic carbocycles. The smallest absolute Gasteiger partial charge is 0.197 e. The van der Waals surface area contributed by atoms with Crippen LogP contribution >= 0.6 is 31.9 Å². The molecule has 0 heterocycles. The molecule has 0 bridgehead atoms. The van der Waals surface area contributed by atoms with Crippen LogP contribution in [-0.4, -0.2) is 5.96 Å². The number of anilines is 2. The van der Waals surface area contributed by atoms with Crippen LogP contribution in [0.4, 0.5) is 11.4 Å². The van der Waals surface area contributed by atoms with E-state index in [1.807, 2.05) is 12.1 Å². The number of halogens is 2. The van der Waals surface area contributed by atoms with Crippen molar-refractivity contribution in [1.82, 2.24) is 0 Å². The van der Waals surface area contributed by atoms with E-state index in [4.69, 9.17) is 5.41 Å². The normalized spacial score (nSPS) is 13.5. The molecule has 4 aromatic rings. The molecule has 0 aliphatic heterocycles. The quantitative estimate of drug-likeness (QED) is 0.187. The molecule has 0 fully saturated rings. The lowest BCUT2D eigenvalue weighted by atomic mass is 10.0. The second kappa shape index (κ2) is 6.56. The topological polar surface area (TPSA) is 47.9 Å².